The Bertz CT molecular complexity index is 1380. The van der Waals surface area contributed by atoms with Crippen molar-refractivity contribution in [1.29, 1.82) is 5.26 Å². The van der Waals surface area contributed by atoms with Crippen molar-refractivity contribution in [3.05, 3.63) is 83.9 Å². The highest BCUT2D eigenvalue weighted by Crippen LogP contribution is 2.51. The highest BCUT2D eigenvalue weighted by atomic mass is 32.1. The third kappa shape index (κ3) is 2.77. The largest absolute Gasteiger partial charge is 0.872 e. The van der Waals surface area contributed by atoms with Crippen molar-refractivity contribution in [3.8, 4) is 22.4 Å². The minimum Gasteiger partial charge on any atom is -0.872 e. The Morgan fingerprint density at radius 3 is 2.53 bits per heavy atom. The molecule has 0 spiro atoms. The minimum atomic E-state index is -0.908. The topological polar surface area (TPSA) is 63.0 Å². The molecule has 0 aliphatic carbocycles. The van der Waals surface area contributed by atoms with Gasteiger partial charge in [0.05, 0.1) is 16.3 Å². The van der Waals surface area contributed by atoms with Crippen molar-refractivity contribution in [3.63, 3.8) is 0 Å². The van der Waals surface area contributed by atoms with E-state index in [1.54, 1.807) is 12.1 Å². The molecule has 0 saturated carbocycles. The summed E-state index contributed by atoms with van der Waals surface area (Å²) in [5.41, 5.74) is 2.84. The van der Waals surface area contributed by atoms with Crippen LogP contribution in [-0.2, 0) is 5.41 Å². The van der Waals surface area contributed by atoms with Crippen LogP contribution in [0.15, 0.2) is 72.8 Å². The fourth-order valence-corrected chi connectivity index (χ4v) is 5.72. The molecule has 2 heterocycles. The number of likely N-dealkylation sites (N-methyl/N-ethyl adjacent to an activating group) is 1. The van der Waals surface area contributed by atoms with Gasteiger partial charge in [-0.25, -0.2) is 4.98 Å². The number of para-hydroxylation sites is 3. The van der Waals surface area contributed by atoms with Gasteiger partial charge in [-0.15, -0.1) is 11.3 Å². The third-order valence-electron chi connectivity index (χ3n) is 6.66. The Labute approximate surface area is 191 Å². The first kappa shape index (κ1) is 20.3. The molecule has 1 aromatic heterocycles. The van der Waals surface area contributed by atoms with Crippen LogP contribution in [0, 0.1) is 11.3 Å². The monoisotopic (exact) mass is 436 g/mol. The van der Waals surface area contributed by atoms with E-state index in [-0.39, 0.29) is 5.75 Å². The van der Waals surface area contributed by atoms with Gasteiger partial charge in [0.25, 0.3) is 0 Å². The lowest BCUT2D eigenvalue weighted by molar-refractivity contribution is -0.267. The molecule has 0 fully saturated rings. The fourth-order valence-electron chi connectivity index (χ4n) is 4.73. The Hall–Kier alpha value is -3.62. The molecule has 1 atom stereocenters. The molecule has 0 radical (unpaired) electrons. The molecule has 1 aliphatic rings. The molecule has 4 aromatic rings. The van der Waals surface area contributed by atoms with E-state index in [0.29, 0.717) is 16.1 Å². The van der Waals surface area contributed by atoms with Crippen LogP contribution >= 0.6 is 11.3 Å². The van der Waals surface area contributed by atoms with Gasteiger partial charge in [-0.05, 0) is 35.4 Å². The van der Waals surface area contributed by atoms with Crippen LogP contribution in [0.4, 0.5) is 5.69 Å². The van der Waals surface area contributed by atoms with Crippen LogP contribution in [0.1, 0.15) is 25.0 Å². The number of nitriles is 1. The third-order valence-corrected chi connectivity index (χ3v) is 7.73. The number of thiazole rings is 1. The zero-order chi connectivity index (χ0) is 22.5. The molecule has 3 aromatic carbocycles. The van der Waals surface area contributed by atoms with Gasteiger partial charge >= 0.3 is 0 Å². The summed E-state index contributed by atoms with van der Waals surface area (Å²) in [6, 6.07) is 24.0. The van der Waals surface area contributed by atoms with Crippen LogP contribution in [0.5, 0.6) is 5.75 Å². The Kier molecular flexibility index (Phi) is 4.58. The van der Waals surface area contributed by atoms with Crippen molar-refractivity contribution in [1.82, 2.24) is 4.98 Å². The van der Waals surface area contributed by atoms with Gasteiger partial charge in [0.15, 0.2) is 5.54 Å². The number of aromatic nitrogens is 1. The zero-order valence-electron chi connectivity index (χ0n) is 18.2. The number of anilines is 1. The first-order valence-electron chi connectivity index (χ1n) is 10.5. The van der Waals surface area contributed by atoms with E-state index in [2.05, 4.69) is 31.0 Å². The SMILES string of the molecule is CN1c2ccccc2C(C)(C)C1(C#N)/C=C/c1cccc(-c2nc3ccccc3s2)c1[O-]. The number of hydrogen-bond acceptors (Lipinski definition) is 5. The molecule has 1 aliphatic heterocycles. The van der Waals surface area contributed by atoms with Crippen molar-refractivity contribution in [2.45, 2.75) is 24.8 Å². The van der Waals surface area contributed by atoms with Gasteiger partial charge < -0.3 is 10.0 Å². The average Bonchev–Trinajstić information content (AvgIpc) is 3.30. The average molecular weight is 437 g/mol. The lowest BCUT2D eigenvalue weighted by atomic mass is 9.70. The summed E-state index contributed by atoms with van der Waals surface area (Å²) in [7, 11) is 1.94. The van der Waals surface area contributed by atoms with E-state index in [9.17, 15) is 10.4 Å². The molecule has 0 N–H and O–H groups in total. The number of hydrogen-bond donors (Lipinski definition) is 0. The first-order chi connectivity index (χ1) is 15.4. The Morgan fingerprint density at radius 1 is 1.03 bits per heavy atom. The summed E-state index contributed by atoms with van der Waals surface area (Å²) in [6.07, 6.45) is 3.68. The number of nitrogens with zero attached hydrogens (tertiary/aromatic N) is 3. The molecular weight excluding hydrogens is 414 g/mol. The summed E-state index contributed by atoms with van der Waals surface area (Å²) in [4.78, 5) is 6.66. The van der Waals surface area contributed by atoms with Gasteiger partial charge in [-0.1, -0.05) is 74.2 Å². The second-order valence-electron chi connectivity index (χ2n) is 8.62. The predicted octanol–water partition coefficient (Wildman–Crippen LogP) is 5.74. The lowest BCUT2D eigenvalue weighted by Crippen LogP contribution is -2.51. The molecule has 4 nitrogen and oxygen atoms in total. The molecule has 5 heteroatoms. The maximum absolute atomic E-state index is 13.3. The number of fused-ring (bicyclic) bond motifs is 2. The van der Waals surface area contributed by atoms with Crippen molar-refractivity contribution in [2.75, 3.05) is 11.9 Å². The van der Waals surface area contributed by atoms with Gasteiger partial charge in [0.1, 0.15) is 5.01 Å². The standard InChI is InChI=1S/C27H23N3OS/c1-26(2)20-11-4-6-13-22(20)30(3)27(26,17-28)16-15-18-9-8-10-19(24(18)31)25-29-21-12-5-7-14-23(21)32-25/h4-16,31H,1-3H3/p-1/b16-15+. The quantitative estimate of drug-likeness (QED) is 0.411. The number of rotatable bonds is 3. The van der Waals surface area contributed by atoms with E-state index >= 15 is 0 Å². The molecule has 158 valence electrons. The zero-order valence-corrected chi connectivity index (χ0v) is 19.0. The summed E-state index contributed by atoms with van der Waals surface area (Å²) in [5.74, 6) is -0.0770. The van der Waals surface area contributed by atoms with E-state index in [1.807, 2.05) is 72.6 Å². The van der Waals surface area contributed by atoms with Crippen molar-refractivity contribution >= 4 is 33.3 Å². The number of benzene rings is 3. The molecule has 0 amide bonds. The highest BCUT2D eigenvalue weighted by Gasteiger charge is 2.54. The Balaban J connectivity index is 1.58. The molecule has 1 unspecified atom stereocenters. The second-order valence-corrected chi connectivity index (χ2v) is 9.65. The lowest BCUT2D eigenvalue weighted by Gasteiger charge is -2.38. The van der Waals surface area contributed by atoms with Crippen molar-refractivity contribution in [2.24, 2.45) is 0 Å². The summed E-state index contributed by atoms with van der Waals surface area (Å²) in [6.45, 7) is 4.16. The fraction of sp³-hybridized carbons (Fsp3) is 0.185. The van der Waals surface area contributed by atoms with Gasteiger partial charge in [-0.3, -0.25) is 0 Å². The van der Waals surface area contributed by atoms with E-state index in [1.165, 1.54) is 11.3 Å². The highest BCUT2D eigenvalue weighted by molar-refractivity contribution is 7.21. The maximum atomic E-state index is 13.3. The first-order valence-corrected chi connectivity index (χ1v) is 11.3. The normalized spacial score (nSPS) is 19.4. The molecule has 0 bridgehead atoms. The van der Waals surface area contributed by atoms with E-state index in [0.717, 1.165) is 21.5 Å². The van der Waals surface area contributed by atoms with E-state index in [4.69, 9.17) is 0 Å². The van der Waals surface area contributed by atoms with Crippen molar-refractivity contribution < 1.29 is 5.11 Å². The summed E-state index contributed by atoms with van der Waals surface area (Å²) < 4.78 is 1.05. The van der Waals surface area contributed by atoms with Crippen LogP contribution in [0.25, 0.3) is 26.9 Å². The smallest absolute Gasteiger partial charge is 0.155 e. The summed E-state index contributed by atoms with van der Waals surface area (Å²) >= 11 is 1.52. The predicted molar refractivity (Wildman–Crippen MR) is 130 cm³/mol. The minimum absolute atomic E-state index is 0.0770. The van der Waals surface area contributed by atoms with Crippen LogP contribution in [0.2, 0.25) is 0 Å². The van der Waals surface area contributed by atoms with Gasteiger partial charge in [0.2, 0.25) is 0 Å². The summed E-state index contributed by atoms with van der Waals surface area (Å²) in [5, 5.41) is 24.4. The molecule has 32 heavy (non-hydrogen) atoms. The second kappa shape index (κ2) is 7.22. The van der Waals surface area contributed by atoms with Gasteiger partial charge in [0, 0.05) is 23.7 Å². The van der Waals surface area contributed by atoms with Crippen LogP contribution < -0.4 is 10.0 Å². The Morgan fingerprint density at radius 2 is 1.78 bits per heavy atom. The van der Waals surface area contributed by atoms with Crippen LogP contribution in [0.3, 0.4) is 0 Å². The van der Waals surface area contributed by atoms with Crippen LogP contribution in [-0.4, -0.2) is 17.6 Å². The molecule has 0 saturated heterocycles. The molecular formula is C27H22N3OS-. The van der Waals surface area contributed by atoms with Gasteiger partial charge in [-0.2, -0.15) is 5.26 Å². The maximum Gasteiger partial charge on any atom is 0.155 e. The molecule has 5 rings (SSSR count). The van der Waals surface area contributed by atoms with E-state index < -0.39 is 11.0 Å².